The molecular weight excluding hydrogens is 1000 g/mol. The molecule has 0 amide bonds. The Morgan fingerprint density at radius 1 is 0.687 bits per heavy atom. The summed E-state index contributed by atoms with van der Waals surface area (Å²) in [6, 6.07) is 65.9. The van der Waals surface area contributed by atoms with E-state index in [9.17, 15) is 0 Å². The monoisotopic (exact) mass is 1060 g/mol. The molecule has 340 valence electrons. The second-order valence-electron chi connectivity index (χ2n) is 19.0. The summed E-state index contributed by atoms with van der Waals surface area (Å²) in [7, 11) is 0. The van der Waals surface area contributed by atoms with Gasteiger partial charge in [-0.1, -0.05) is 149 Å². The largest absolute Gasteiger partial charge is 0.517 e. The summed E-state index contributed by atoms with van der Waals surface area (Å²) >= 11 is 0. The first kappa shape index (κ1) is 45.7. The van der Waals surface area contributed by atoms with Crippen molar-refractivity contribution in [1.82, 2.24) is 9.55 Å². The maximum Gasteiger partial charge on any atom is 0.135 e. The van der Waals surface area contributed by atoms with Crippen molar-refractivity contribution in [3.8, 4) is 33.8 Å². The van der Waals surface area contributed by atoms with Crippen LogP contribution in [0, 0.1) is 24.7 Å². The Morgan fingerprint density at radius 3 is 2.18 bits per heavy atom. The van der Waals surface area contributed by atoms with E-state index in [1.54, 1.807) is 0 Å². The van der Waals surface area contributed by atoms with E-state index in [-0.39, 0.29) is 26.5 Å². The minimum Gasteiger partial charge on any atom is -0.517 e. The number of pyridine rings is 1. The molecule has 0 fully saturated rings. The molecule has 9 aromatic rings. The number of anilines is 3. The second kappa shape index (κ2) is 19.8. The molecule has 2 aromatic heterocycles. The zero-order valence-corrected chi connectivity index (χ0v) is 41.3. The van der Waals surface area contributed by atoms with Crippen LogP contribution in [-0.2, 0) is 45.9 Å². The molecule has 7 aromatic carbocycles. The zero-order valence-electron chi connectivity index (χ0n) is 39.1. The van der Waals surface area contributed by atoms with Crippen LogP contribution in [0.5, 0.6) is 5.75 Å². The third-order valence-corrected chi connectivity index (χ3v) is 12.8. The van der Waals surface area contributed by atoms with Crippen LogP contribution >= 0.6 is 0 Å². The molecule has 0 atom stereocenters. The summed E-state index contributed by atoms with van der Waals surface area (Å²) in [6.45, 7) is 14.9. The molecule has 1 aliphatic heterocycles. The van der Waals surface area contributed by atoms with Gasteiger partial charge in [0.05, 0.1) is 6.61 Å². The van der Waals surface area contributed by atoms with Crippen molar-refractivity contribution < 1.29 is 25.8 Å². The van der Waals surface area contributed by atoms with E-state index < -0.39 is 0 Å². The van der Waals surface area contributed by atoms with Crippen molar-refractivity contribution in [2.24, 2.45) is 5.92 Å². The Morgan fingerprint density at radius 2 is 1.40 bits per heavy atom. The molecule has 5 nitrogen and oxygen atoms in total. The quantitative estimate of drug-likeness (QED) is 0.0803. The van der Waals surface area contributed by atoms with Gasteiger partial charge in [-0.2, -0.15) is 37.0 Å². The number of rotatable bonds is 14. The van der Waals surface area contributed by atoms with Crippen molar-refractivity contribution in [2.75, 3.05) is 16.3 Å². The molecule has 0 spiro atoms. The van der Waals surface area contributed by atoms with E-state index in [2.05, 4.69) is 226 Å². The average Bonchev–Trinajstić information content (AvgIpc) is 3.88. The molecule has 0 N–H and O–H groups in total. The molecule has 0 unspecified atom stereocenters. The topological polar surface area (TPSA) is 33.5 Å². The fourth-order valence-corrected chi connectivity index (χ4v) is 9.62. The van der Waals surface area contributed by atoms with Crippen LogP contribution in [0.2, 0.25) is 0 Å². The Balaban J connectivity index is 0.00000562. The number of nitrogens with zero attached hydrogens (tertiary/aromatic N) is 4. The number of benzene rings is 7. The van der Waals surface area contributed by atoms with Crippen LogP contribution in [0.4, 0.5) is 17.1 Å². The predicted molar refractivity (Wildman–Crippen MR) is 275 cm³/mol. The number of unbranched alkanes of at least 4 members (excludes halogenated alkanes) is 1. The third kappa shape index (κ3) is 9.58. The smallest absolute Gasteiger partial charge is 0.135 e. The molecule has 0 aliphatic carbocycles. The van der Waals surface area contributed by atoms with E-state index in [1.807, 2.05) is 12.3 Å². The number of ether oxygens (including phenoxy) is 1. The van der Waals surface area contributed by atoms with Crippen LogP contribution in [0.3, 0.4) is 0 Å². The fraction of sp³-hybridized carbons (Fsp3) is 0.213. The molecular formula is C61H57N4OPt-3. The molecule has 67 heavy (non-hydrogen) atoms. The van der Waals surface area contributed by atoms with Crippen LogP contribution < -0.4 is 14.5 Å². The summed E-state index contributed by atoms with van der Waals surface area (Å²) in [5.74, 6) is 2.15. The minimum atomic E-state index is -0.00917. The van der Waals surface area contributed by atoms with E-state index in [4.69, 9.17) is 9.72 Å². The second-order valence-corrected chi connectivity index (χ2v) is 19.0. The Hall–Kier alpha value is -6.42. The molecule has 3 heterocycles. The molecule has 10 rings (SSSR count). The van der Waals surface area contributed by atoms with Gasteiger partial charge in [-0.3, -0.25) is 0 Å². The number of hydrogen-bond donors (Lipinski definition) is 0. The number of para-hydroxylation sites is 2. The molecule has 1 aliphatic rings. The summed E-state index contributed by atoms with van der Waals surface area (Å²) < 4.78 is 8.77. The first-order chi connectivity index (χ1) is 32.2. The van der Waals surface area contributed by atoms with Gasteiger partial charge in [0.2, 0.25) is 0 Å². The van der Waals surface area contributed by atoms with Gasteiger partial charge in [-0.05, 0) is 107 Å². The Labute approximate surface area is 411 Å². The fourth-order valence-electron chi connectivity index (χ4n) is 9.62. The number of aromatic nitrogens is 2. The van der Waals surface area contributed by atoms with Gasteiger partial charge in [0.25, 0.3) is 0 Å². The van der Waals surface area contributed by atoms with E-state index in [0.29, 0.717) is 18.3 Å². The van der Waals surface area contributed by atoms with Gasteiger partial charge in [0.1, 0.15) is 5.82 Å². The zero-order chi connectivity index (χ0) is 45.2. The van der Waals surface area contributed by atoms with Crippen LogP contribution in [0.25, 0.3) is 49.9 Å². The normalized spacial score (nSPS) is 12.5. The van der Waals surface area contributed by atoms with Gasteiger partial charge in [0, 0.05) is 55.5 Å². The van der Waals surface area contributed by atoms with Gasteiger partial charge >= 0.3 is 0 Å². The summed E-state index contributed by atoms with van der Waals surface area (Å²) in [5, 5.41) is 2.28. The van der Waals surface area contributed by atoms with Gasteiger partial charge < -0.3 is 19.1 Å². The van der Waals surface area contributed by atoms with Crippen LogP contribution in [0.15, 0.2) is 170 Å². The maximum atomic E-state index is 6.56. The minimum absolute atomic E-state index is 0. The first-order valence-electron chi connectivity index (χ1n) is 23.5. The van der Waals surface area contributed by atoms with Gasteiger partial charge in [-0.25, -0.2) is 4.98 Å². The summed E-state index contributed by atoms with van der Waals surface area (Å²) in [6.07, 6.45) is 6.18. The Bertz CT molecular complexity index is 3130. The average molecular weight is 1060 g/mol. The van der Waals surface area contributed by atoms with Gasteiger partial charge in [-0.15, -0.1) is 28.8 Å². The third-order valence-electron chi connectivity index (χ3n) is 12.8. The van der Waals surface area contributed by atoms with Crippen LogP contribution in [-0.4, -0.2) is 16.1 Å². The van der Waals surface area contributed by atoms with Crippen LogP contribution in [0.1, 0.15) is 69.7 Å². The van der Waals surface area contributed by atoms with Crippen molar-refractivity contribution in [3.63, 3.8) is 0 Å². The Kier molecular flexibility index (Phi) is 13.5. The standard InChI is InChI=1S/C61H57N4O.Pt/c1-43(2)37-47-24-17-28-51(45-20-8-6-9-21-45)52(47)26-14-15-36-63-42-64(57-31-18-29-53(60(57)63)46-22-10-7-11-23-46)49-25-16-19-44(38-49)41-66-50-32-33-55-54-27-12-13-30-56(54)65(58(55)40-50)59-39-48(34-35-62-59)61(3,4)5;/h6-13,16-25,27-35,39,42-43H,14-15,26,36-37,41H2,1-5H3;/q-3;. The van der Waals surface area contributed by atoms with E-state index in [1.165, 1.54) is 44.6 Å². The van der Waals surface area contributed by atoms with Crippen molar-refractivity contribution in [1.29, 1.82) is 0 Å². The number of hydrogen-bond acceptors (Lipinski definition) is 4. The molecule has 6 heteroatoms. The van der Waals surface area contributed by atoms with E-state index in [0.717, 1.165) is 76.8 Å². The van der Waals surface area contributed by atoms with Crippen molar-refractivity contribution in [3.05, 3.63) is 211 Å². The molecule has 0 bridgehead atoms. The first-order valence-corrected chi connectivity index (χ1v) is 23.5. The predicted octanol–water partition coefficient (Wildman–Crippen LogP) is 15.3. The van der Waals surface area contributed by atoms with Crippen molar-refractivity contribution >= 4 is 38.9 Å². The summed E-state index contributed by atoms with van der Waals surface area (Å²) in [5.41, 5.74) is 15.6. The molecule has 0 saturated carbocycles. The maximum absolute atomic E-state index is 6.56. The SMILES string of the molecule is CC(C)Cc1cccc(-c2ccccc2)c1CCCCN1[CH-]N(c2[c-]c(COc3[c-]c4c(cc3)c3ccccc3n4-c3cc(C(C)(C)C)ccn3)ccc2)c2cccc(-c3ccccc3)c21.[Pt]. The van der Waals surface area contributed by atoms with Gasteiger partial charge in [0.15, 0.2) is 0 Å². The number of fused-ring (bicyclic) bond motifs is 4. The summed E-state index contributed by atoms with van der Waals surface area (Å²) in [4.78, 5) is 9.61. The van der Waals surface area contributed by atoms with E-state index >= 15 is 0 Å². The van der Waals surface area contributed by atoms with Crippen molar-refractivity contribution in [2.45, 2.75) is 72.3 Å². The molecule has 0 radical (unpaired) electrons. The molecule has 0 saturated heterocycles.